The van der Waals surface area contributed by atoms with Gasteiger partial charge in [0, 0.05) is 36.5 Å². The van der Waals surface area contributed by atoms with Crippen molar-refractivity contribution in [3.8, 4) is 11.5 Å². The highest BCUT2D eigenvalue weighted by atomic mass is 16.7. The summed E-state index contributed by atoms with van der Waals surface area (Å²) >= 11 is 0. The summed E-state index contributed by atoms with van der Waals surface area (Å²) < 4.78 is 10.7. The number of benzene rings is 2. The number of carbonyl (C=O) groups excluding carboxylic acids is 1. The maximum atomic E-state index is 12.4. The second kappa shape index (κ2) is 6.96. The van der Waals surface area contributed by atoms with E-state index in [1.54, 1.807) is 0 Å². The first-order valence-corrected chi connectivity index (χ1v) is 9.62. The van der Waals surface area contributed by atoms with E-state index in [0.717, 1.165) is 54.1 Å². The molecule has 6 nitrogen and oxygen atoms in total. The number of hydrogen-bond acceptors (Lipinski definition) is 5. The molecule has 0 aromatic heterocycles. The second-order valence-corrected chi connectivity index (χ2v) is 7.41. The van der Waals surface area contributed by atoms with Gasteiger partial charge in [0.1, 0.15) is 0 Å². The van der Waals surface area contributed by atoms with Crippen molar-refractivity contribution < 1.29 is 19.4 Å². The number of rotatable bonds is 3. The lowest BCUT2D eigenvalue weighted by molar-refractivity contribution is -0.110. The standard InChI is InChI=1S/C22H22N2O4/c25-18(15-5-6-19-20(11-15)28-13-27-19)12-24-9-7-14(8-10-24)21-16-3-1-2-4-17(16)23-22(21)26/h1-6,11,18,25H,7-10,12-13H2,(H,23,26). The lowest BCUT2D eigenvalue weighted by Crippen LogP contribution is -2.34. The topological polar surface area (TPSA) is 71.0 Å². The van der Waals surface area contributed by atoms with E-state index >= 15 is 0 Å². The van der Waals surface area contributed by atoms with Crippen LogP contribution in [0.1, 0.15) is 30.1 Å². The lowest BCUT2D eigenvalue weighted by atomic mass is 9.93. The van der Waals surface area contributed by atoms with Gasteiger partial charge in [-0.1, -0.05) is 29.8 Å². The van der Waals surface area contributed by atoms with Gasteiger partial charge in [0.25, 0.3) is 5.91 Å². The number of fused-ring (bicyclic) bond motifs is 2. The number of likely N-dealkylation sites (tertiary alicyclic amines) is 1. The molecular weight excluding hydrogens is 356 g/mol. The minimum absolute atomic E-state index is 0.00467. The number of para-hydroxylation sites is 1. The van der Waals surface area contributed by atoms with Crippen LogP contribution in [0.5, 0.6) is 11.5 Å². The molecule has 0 bridgehead atoms. The molecule has 1 fully saturated rings. The van der Waals surface area contributed by atoms with Crippen LogP contribution in [-0.4, -0.2) is 42.3 Å². The summed E-state index contributed by atoms with van der Waals surface area (Å²) in [6.45, 7) is 2.45. The fourth-order valence-corrected chi connectivity index (χ4v) is 4.19. The number of hydrogen-bond donors (Lipinski definition) is 2. The van der Waals surface area contributed by atoms with Gasteiger partial charge in [0.05, 0.1) is 6.10 Å². The van der Waals surface area contributed by atoms with E-state index < -0.39 is 6.10 Å². The number of ether oxygens (including phenoxy) is 2. The minimum Gasteiger partial charge on any atom is -0.454 e. The lowest BCUT2D eigenvalue weighted by Gasteiger charge is -2.30. The Morgan fingerprint density at radius 1 is 1.07 bits per heavy atom. The van der Waals surface area contributed by atoms with Crippen LogP contribution in [-0.2, 0) is 4.79 Å². The van der Waals surface area contributed by atoms with E-state index in [9.17, 15) is 9.90 Å². The molecule has 5 rings (SSSR count). The summed E-state index contributed by atoms with van der Waals surface area (Å²) in [5.74, 6) is 1.42. The third-order valence-electron chi connectivity index (χ3n) is 5.70. The number of anilines is 1. The number of amides is 1. The molecule has 28 heavy (non-hydrogen) atoms. The van der Waals surface area contributed by atoms with Crippen molar-refractivity contribution in [3.05, 3.63) is 59.2 Å². The average Bonchev–Trinajstić information content (AvgIpc) is 3.31. The predicted octanol–water partition coefficient (Wildman–Crippen LogP) is 2.95. The number of aliphatic hydroxyl groups excluding tert-OH is 1. The van der Waals surface area contributed by atoms with Gasteiger partial charge in [0.15, 0.2) is 11.5 Å². The molecule has 3 aliphatic rings. The average molecular weight is 378 g/mol. The number of nitrogens with zero attached hydrogens (tertiary/aromatic N) is 1. The first-order valence-electron chi connectivity index (χ1n) is 9.62. The van der Waals surface area contributed by atoms with Crippen molar-refractivity contribution in [2.45, 2.75) is 18.9 Å². The summed E-state index contributed by atoms with van der Waals surface area (Å²) in [6.07, 6.45) is 1.09. The summed E-state index contributed by atoms with van der Waals surface area (Å²) in [4.78, 5) is 14.7. The SMILES string of the molecule is O=C1Nc2ccccc2C1=C1CCN(CC(O)c2ccc3c(c2)OCO3)CC1. The Bertz CT molecular complexity index is 959. The maximum Gasteiger partial charge on any atom is 0.256 e. The molecule has 0 aliphatic carbocycles. The predicted molar refractivity (Wildman–Crippen MR) is 105 cm³/mol. The van der Waals surface area contributed by atoms with Crippen molar-refractivity contribution in [1.29, 1.82) is 0 Å². The van der Waals surface area contributed by atoms with Gasteiger partial charge in [-0.15, -0.1) is 0 Å². The Kier molecular flexibility index (Phi) is 4.30. The quantitative estimate of drug-likeness (QED) is 0.804. The Morgan fingerprint density at radius 2 is 1.86 bits per heavy atom. The van der Waals surface area contributed by atoms with E-state index in [2.05, 4.69) is 10.2 Å². The molecule has 0 saturated carbocycles. The largest absolute Gasteiger partial charge is 0.454 e. The minimum atomic E-state index is -0.584. The molecule has 144 valence electrons. The number of aliphatic hydroxyl groups is 1. The van der Waals surface area contributed by atoms with Gasteiger partial charge in [-0.25, -0.2) is 0 Å². The first-order chi connectivity index (χ1) is 13.7. The number of β-amino-alcohol motifs (C(OH)–C–C–N with tert-alkyl or cyclic N) is 1. The molecule has 1 amide bonds. The van der Waals surface area contributed by atoms with Crippen LogP contribution in [0, 0.1) is 0 Å². The number of carbonyl (C=O) groups is 1. The van der Waals surface area contributed by atoms with Gasteiger partial charge in [-0.3, -0.25) is 9.69 Å². The van der Waals surface area contributed by atoms with Crippen molar-refractivity contribution in [1.82, 2.24) is 4.90 Å². The smallest absolute Gasteiger partial charge is 0.256 e. The van der Waals surface area contributed by atoms with Crippen molar-refractivity contribution in [2.75, 3.05) is 31.7 Å². The Labute approximate surface area is 163 Å². The zero-order valence-electron chi connectivity index (χ0n) is 15.5. The van der Waals surface area contributed by atoms with Crippen molar-refractivity contribution >= 4 is 17.2 Å². The number of piperidine rings is 1. The van der Waals surface area contributed by atoms with Crippen molar-refractivity contribution in [3.63, 3.8) is 0 Å². The summed E-state index contributed by atoms with van der Waals surface area (Å²) in [7, 11) is 0. The molecule has 1 saturated heterocycles. The van der Waals surface area contributed by atoms with E-state index in [-0.39, 0.29) is 12.7 Å². The molecule has 0 spiro atoms. The molecule has 2 aromatic rings. The molecule has 2 aromatic carbocycles. The highest BCUT2D eigenvalue weighted by Crippen LogP contribution is 2.37. The third kappa shape index (κ3) is 3.04. The highest BCUT2D eigenvalue weighted by molar-refractivity contribution is 6.32. The van der Waals surface area contributed by atoms with E-state index in [4.69, 9.17) is 9.47 Å². The summed E-state index contributed by atoms with van der Waals surface area (Å²) in [6, 6.07) is 13.4. The second-order valence-electron chi connectivity index (χ2n) is 7.41. The maximum absolute atomic E-state index is 12.4. The monoisotopic (exact) mass is 378 g/mol. The van der Waals surface area contributed by atoms with Crippen LogP contribution in [0.2, 0.25) is 0 Å². The fourth-order valence-electron chi connectivity index (χ4n) is 4.19. The van der Waals surface area contributed by atoms with Crippen LogP contribution in [0.3, 0.4) is 0 Å². The van der Waals surface area contributed by atoms with Crippen LogP contribution in [0.25, 0.3) is 5.57 Å². The molecule has 0 radical (unpaired) electrons. The zero-order valence-corrected chi connectivity index (χ0v) is 15.5. The molecule has 3 heterocycles. The van der Waals surface area contributed by atoms with Gasteiger partial charge >= 0.3 is 0 Å². The molecule has 3 aliphatic heterocycles. The number of nitrogens with one attached hydrogen (secondary N) is 1. The molecular formula is C22H22N2O4. The highest BCUT2D eigenvalue weighted by Gasteiger charge is 2.29. The molecule has 1 unspecified atom stereocenters. The Hall–Kier alpha value is -2.83. The van der Waals surface area contributed by atoms with Crippen LogP contribution >= 0.6 is 0 Å². The first kappa shape index (κ1) is 17.3. The van der Waals surface area contributed by atoms with Gasteiger partial charge in [-0.2, -0.15) is 0 Å². The normalized spacial score (nSPS) is 19.5. The summed E-state index contributed by atoms with van der Waals surface area (Å²) in [5, 5.41) is 13.6. The van der Waals surface area contributed by atoms with Crippen LogP contribution < -0.4 is 14.8 Å². The Morgan fingerprint density at radius 3 is 2.71 bits per heavy atom. The van der Waals surface area contributed by atoms with Crippen LogP contribution in [0.4, 0.5) is 5.69 Å². The van der Waals surface area contributed by atoms with Gasteiger partial charge < -0.3 is 19.9 Å². The molecule has 2 N–H and O–H groups in total. The fraction of sp³-hybridized carbons (Fsp3) is 0.318. The summed E-state index contributed by atoms with van der Waals surface area (Å²) in [5.41, 5.74) is 4.78. The molecule has 1 atom stereocenters. The zero-order chi connectivity index (χ0) is 19.1. The molecule has 6 heteroatoms. The van der Waals surface area contributed by atoms with Gasteiger partial charge in [-0.05, 0) is 36.6 Å². The third-order valence-corrected chi connectivity index (χ3v) is 5.70. The van der Waals surface area contributed by atoms with Crippen LogP contribution in [0.15, 0.2) is 48.0 Å². The van der Waals surface area contributed by atoms with E-state index in [0.29, 0.717) is 12.3 Å². The van der Waals surface area contributed by atoms with E-state index in [1.165, 1.54) is 5.57 Å². The van der Waals surface area contributed by atoms with Gasteiger partial charge in [0.2, 0.25) is 6.79 Å². The van der Waals surface area contributed by atoms with Crippen molar-refractivity contribution in [2.24, 2.45) is 0 Å². The van der Waals surface area contributed by atoms with E-state index in [1.807, 2.05) is 42.5 Å². The Balaban J connectivity index is 1.26.